The molecule has 0 radical (unpaired) electrons. The molecule has 3 heterocycles. The highest BCUT2D eigenvalue weighted by atomic mass is 19.1. The number of aromatic nitrogens is 4. The lowest BCUT2D eigenvalue weighted by Crippen LogP contribution is -2.56. The summed E-state index contributed by atoms with van der Waals surface area (Å²) in [6.07, 6.45) is 3.24. The predicted octanol–water partition coefficient (Wildman–Crippen LogP) is 2.80. The van der Waals surface area contributed by atoms with Crippen LogP contribution in [0, 0.1) is 5.82 Å². The van der Waals surface area contributed by atoms with Crippen molar-refractivity contribution in [3.63, 3.8) is 0 Å². The van der Waals surface area contributed by atoms with Crippen LogP contribution in [0.5, 0.6) is 5.75 Å². The van der Waals surface area contributed by atoms with Gasteiger partial charge in [0, 0.05) is 32.1 Å². The van der Waals surface area contributed by atoms with Crippen LogP contribution in [0.4, 0.5) is 10.1 Å². The van der Waals surface area contributed by atoms with Crippen LogP contribution >= 0.6 is 0 Å². The van der Waals surface area contributed by atoms with E-state index < -0.39 is 11.4 Å². The van der Waals surface area contributed by atoms with E-state index in [4.69, 9.17) is 9.47 Å². The quantitative estimate of drug-likeness (QED) is 0.376. The molecule has 0 saturated carbocycles. The standard InChI is InChI=1S/C26H26FN5O4/c1-31(13-26(34)14-36-15-26)24-16(7-8-20-17(24)12-29-32(20)2)11-21(33)19-9-10-28-25(30-19)23-18(27)5-4-6-22(23)35-3/h4-10,12,34H,11,13-15H2,1-3H3. The molecule has 10 heteroatoms. The van der Waals surface area contributed by atoms with Crippen LogP contribution in [-0.4, -0.2) is 70.2 Å². The highest BCUT2D eigenvalue weighted by molar-refractivity contribution is 6.00. The lowest BCUT2D eigenvalue weighted by atomic mass is 9.98. The summed E-state index contributed by atoms with van der Waals surface area (Å²) in [7, 11) is 5.16. The van der Waals surface area contributed by atoms with Gasteiger partial charge in [0.1, 0.15) is 22.9 Å². The minimum absolute atomic E-state index is 0.0459. The topological polar surface area (TPSA) is 103 Å². The maximum Gasteiger partial charge on any atom is 0.185 e. The first-order chi connectivity index (χ1) is 17.3. The summed E-state index contributed by atoms with van der Waals surface area (Å²) in [5.74, 6) is -0.438. The molecule has 1 N–H and O–H groups in total. The number of halogens is 1. The minimum Gasteiger partial charge on any atom is -0.496 e. The van der Waals surface area contributed by atoms with Crippen LogP contribution in [0.2, 0.25) is 0 Å². The molecule has 36 heavy (non-hydrogen) atoms. The number of aliphatic hydroxyl groups is 1. The summed E-state index contributed by atoms with van der Waals surface area (Å²) in [4.78, 5) is 23.9. The first-order valence-corrected chi connectivity index (χ1v) is 11.4. The number of aryl methyl sites for hydroxylation is 1. The smallest absolute Gasteiger partial charge is 0.185 e. The lowest BCUT2D eigenvalue weighted by Gasteiger charge is -2.40. The van der Waals surface area contributed by atoms with E-state index in [-0.39, 0.29) is 48.2 Å². The molecule has 2 aromatic heterocycles. The first-order valence-electron chi connectivity index (χ1n) is 11.4. The summed E-state index contributed by atoms with van der Waals surface area (Å²) in [6, 6.07) is 9.76. The molecule has 9 nitrogen and oxygen atoms in total. The Morgan fingerprint density at radius 1 is 1.28 bits per heavy atom. The molecule has 1 saturated heterocycles. The Bertz CT molecular complexity index is 1450. The third-order valence-corrected chi connectivity index (χ3v) is 6.35. The number of carbonyl (C=O) groups excluding carboxylic acids is 1. The van der Waals surface area contributed by atoms with Gasteiger partial charge in [0.2, 0.25) is 0 Å². The Kier molecular flexibility index (Phi) is 6.15. The fraction of sp³-hybridized carbons (Fsp3) is 0.308. The number of likely N-dealkylation sites (N-methyl/N-ethyl adjacent to an activating group) is 1. The zero-order chi connectivity index (χ0) is 25.4. The highest BCUT2D eigenvalue weighted by Gasteiger charge is 2.38. The monoisotopic (exact) mass is 491 g/mol. The number of Topliss-reactive ketones (excluding diaryl/α,β-unsaturated/α-hetero) is 1. The molecule has 0 bridgehead atoms. The van der Waals surface area contributed by atoms with Crippen molar-refractivity contribution in [1.29, 1.82) is 0 Å². The molecule has 0 atom stereocenters. The van der Waals surface area contributed by atoms with Crippen molar-refractivity contribution < 1.29 is 23.8 Å². The van der Waals surface area contributed by atoms with Gasteiger partial charge in [0.05, 0.1) is 49.8 Å². The van der Waals surface area contributed by atoms with E-state index in [9.17, 15) is 14.3 Å². The summed E-state index contributed by atoms with van der Waals surface area (Å²) in [5.41, 5.74) is 1.79. The van der Waals surface area contributed by atoms with E-state index in [2.05, 4.69) is 15.1 Å². The van der Waals surface area contributed by atoms with E-state index in [0.717, 1.165) is 22.2 Å². The van der Waals surface area contributed by atoms with Gasteiger partial charge in [0.15, 0.2) is 11.6 Å². The van der Waals surface area contributed by atoms with Gasteiger partial charge in [-0.25, -0.2) is 14.4 Å². The van der Waals surface area contributed by atoms with Gasteiger partial charge in [-0.15, -0.1) is 0 Å². The summed E-state index contributed by atoms with van der Waals surface area (Å²) in [5, 5.41) is 15.9. The van der Waals surface area contributed by atoms with E-state index in [1.54, 1.807) is 16.9 Å². The van der Waals surface area contributed by atoms with E-state index in [1.165, 1.54) is 31.5 Å². The van der Waals surface area contributed by atoms with Crippen molar-refractivity contribution in [3.05, 3.63) is 65.9 Å². The Balaban J connectivity index is 1.49. The molecule has 2 aromatic carbocycles. The molecule has 1 aliphatic rings. The molecule has 4 aromatic rings. The van der Waals surface area contributed by atoms with Crippen molar-refractivity contribution >= 4 is 22.4 Å². The maximum atomic E-state index is 14.6. The van der Waals surface area contributed by atoms with Gasteiger partial charge >= 0.3 is 0 Å². The van der Waals surface area contributed by atoms with Crippen LogP contribution < -0.4 is 9.64 Å². The summed E-state index contributed by atoms with van der Waals surface area (Å²) < 4.78 is 26.8. The summed E-state index contributed by atoms with van der Waals surface area (Å²) in [6.45, 7) is 0.864. The van der Waals surface area contributed by atoms with Crippen LogP contribution in [0.25, 0.3) is 22.3 Å². The van der Waals surface area contributed by atoms with Gasteiger partial charge in [-0.05, 0) is 29.8 Å². The van der Waals surface area contributed by atoms with E-state index >= 15 is 0 Å². The van der Waals surface area contributed by atoms with Gasteiger partial charge < -0.3 is 19.5 Å². The number of rotatable bonds is 8. The molecule has 1 aliphatic heterocycles. The molecule has 1 fully saturated rings. The Morgan fingerprint density at radius 3 is 2.81 bits per heavy atom. The van der Waals surface area contributed by atoms with Crippen molar-refractivity contribution in [1.82, 2.24) is 19.7 Å². The largest absolute Gasteiger partial charge is 0.496 e. The second-order valence-corrected chi connectivity index (χ2v) is 9.03. The Labute approximate surface area is 207 Å². The molecule has 0 spiro atoms. The molecule has 0 amide bonds. The average molecular weight is 492 g/mol. The third kappa shape index (κ3) is 4.29. The maximum absolute atomic E-state index is 14.6. The van der Waals surface area contributed by atoms with Crippen molar-refractivity contribution in [2.24, 2.45) is 7.05 Å². The number of carbonyl (C=O) groups is 1. The van der Waals surface area contributed by atoms with Crippen molar-refractivity contribution in [2.75, 3.05) is 38.8 Å². The number of hydrogen-bond donors (Lipinski definition) is 1. The number of hydrogen-bond acceptors (Lipinski definition) is 8. The zero-order valence-electron chi connectivity index (χ0n) is 20.2. The molecule has 5 rings (SSSR count). The molecular weight excluding hydrogens is 465 g/mol. The Morgan fingerprint density at radius 2 is 2.08 bits per heavy atom. The zero-order valence-corrected chi connectivity index (χ0v) is 20.2. The summed E-state index contributed by atoms with van der Waals surface area (Å²) >= 11 is 0. The number of fused-ring (bicyclic) bond motifs is 1. The van der Waals surface area contributed by atoms with Crippen LogP contribution in [0.1, 0.15) is 16.1 Å². The number of anilines is 1. The second-order valence-electron chi connectivity index (χ2n) is 9.03. The van der Waals surface area contributed by atoms with Crippen LogP contribution in [0.3, 0.4) is 0 Å². The minimum atomic E-state index is -0.944. The van der Waals surface area contributed by atoms with Gasteiger partial charge in [-0.2, -0.15) is 5.10 Å². The second kappa shape index (κ2) is 9.29. The van der Waals surface area contributed by atoms with E-state index in [1.807, 2.05) is 31.1 Å². The first kappa shape index (κ1) is 23.8. The van der Waals surface area contributed by atoms with Crippen molar-refractivity contribution in [3.8, 4) is 17.1 Å². The fourth-order valence-corrected chi connectivity index (χ4v) is 4.59. The number of nitrogens with zero attached hydrogens (tertiary/aromatic N) is 5. The van der Waals surface area contributed by atoms with Gasteiger partial charge in [-0.1, -0.05) is 12.1 Å². The fourth-order valence-electron chi connectivity index (χ4n) is 4.59. The number of methoxy groups -OCH3 is 1. The third-order valence-electron chi connectivity index (χ3n) is 6.35. The van der Waals surface area contributed by atoms with Crippen LogP contribution in [-0.2, 0) is 18.2 Å². The SMILES string of the molecule is COc1cccc(F)c1-c1nccc(C(=O)Cc2ccc3c(cnn3C)c2N(C)CC2(O)COC2)n1. The van der Waals surface area contributed by atoms with Gasteiger partial charge in [0.25, 0.3) is 0 Å². The Hall–Kier alpha value is -3.89. The number of benzene rings is 2. The average Bonchev–Trinajstić information content (AvgIpc) is 3.23. The van der Waals surface area contributed by atoms with E-state index in [0.29, 0.717) is 6.54 Å². The lowest BCUT2D eigenvalue weighted by molar-refractivity contribution is -0.171. The highest BCUT2D eigenvalue weighted by Crippen LogP contribution is 2.33. The molecule has 0 unspecified atom stereocenters. The molecular formula is C26H26FN5O4. The molecule has 0 aliphatic carbocycles. The predicted molar refractivity (Wildman–Crippen MR) is 132 cm³/mol. The van der Waals surface area contributed by atoms with Crippen LogP contribution in [0.15, 0.2) is 48.8 Å². The van der Waals surface area contributed by atoms with Crippen molar-refractivity contribution in [2.45, 2.75) is 12.0 Å². The number of ketones is 1. The number of ether oxygens (including phenoxy) is 2. The normalized spacial score (nSPS) is 14.5. The molecule has 186 valence electrons. The van der Waals surface area contributed by atoms with Gasteiger partial charge in [-0.3, -0.25) is 9.48 Å².